The Morgan fingerprint density at radius 1 is 1.00 bits per heavy atom. The summed E-state index contributed by atoms with van der Waals surface area (Å²) in [5, 5.41) is 22.6. The number of nitrogens with zero attached hydrogens (tertiary/aromatic N) is 4. The van der Waals surface area contributed by atoms with Crippen molar-refractivity contribution in [3.8, 4) is 22.8 Å². The number of rotatable bonds is 4. The Bertz CT molecular complexity index is 1450. The summed E-state index contributed by atoms with van der Waals surface area (Å²) < 4.78 is 16.1. The molecule has 0 radical (unpaired) electrons. The number of aromatic hydroxyl groups is 1. The molecule has 3 aromatic carbocycles. The van der Waals surface area contributed by atoms with Crippen molar-refractivity contribution in [2.45, 2.75) is 0 Å². The molecular weight excluding hydrogens is 544 g/mol. The van der Waals surface area contributed by atoms with Crippen LogP contribution in [0.4, 0.5) is 15.8 Å². The number of phenols is 1. The normalized spacial score (nSPS) is 11.1. The fraction of sp³-hybridized carbons (Fsp3) is 0. The standard InChI is InChI=1S/C23H14ClFIN5O/c24-13-8-14(26)10-15(9-13)27-19-2-1-3-20-17(19)5-6-21(28-20)22-12-31(30-29-22)16-4-7-23(32)18(25)11-16/h1-12,27,32H. The molecule has 0 aliphatic carbocycles. The van der Waals surface area contributed by atoms with E-state index in [0.717, 1.165) is 25.8 Å². The predicted molar refractivity (Wildman–Crippen MR) is 131 cm³/mol. The van der Waals surface area contributed by atoms with Crippen LogP contribution in [0.3, 0.4) is 0 Å². The minimum atomic E-state index is -0.724. The van der Waals surface area contributed by atoms with Crippen LogP contribution in [0.5, 0.6) is 5.75 Å². The summed E-state index contributed by atoms with van der Waals surface area (Å²) in [6, 6.07) is 19.4. The number of benzene rings is 3. The number of aromatic nitrogens is 4. The Hall–Kier alpha value is -3.24. The van der Waals surface area contributed by atoms with Crippen molar-refractivity contribution >= 4 is 56.5 Å². The molecule has 0 bridgehead atoms. The first-order chi connectivity index (χ1) is 15.5. The van der Waals surface area contributed by atoms with Crippen LogP contribution in [0.25, 0.3) is 28.0 Å². The first-order valence-electron chi connectivity index (χ1n) is 9.51. The first-order valence-corrected chi connectivity index (χ1v) is 11.0. The minimum absolute atomic E-state index is 0.415. The van der Waals surface area contributed by atoms with Crippen LogP contribution in [0.2, 0.25) is 5.02 Å². The van der Waals surface area contributed by atoms with Crippen molar-refractivity contribution in [1.29, 1.82) is 0 Å². The van der Waals surface area contributed by atoms with Crippen LogP contribution in [0.1, 0.15) is 0 Å². The van der Waals surface area contributed by atoms with Gasteiger partial charge in [0, 0.05) is 31.4 Å². The van der Waals surface area contributed by atoms with E-state index in [2.05, 4.69) is 38.2 Å². The fourth-order valence-electron chi connectivity index (χ4n) is 3.33. The van der Waals surface area contributed by atoms with E-state index >= 15 is 0 Å². The van der Waals surface area contributed by atoms with Gasteiger partial charge in [0.2, 0.25) is 0 Å². The van der Waals surface area contributed by atoms with Crippen LogP contribution in [-0.4, -0.2) is 25.1 Å². The van der Waals surface area contributed by atoms with Gasteiger partial charge >= 0.3 is 0 Å². The molecule has 5 aromatic rings. The summed E-state index contributed by atoms with van der Waals surface area (Å²) in [6.07, 6.45) is 1.66. The highest BCUT2D eigenvalue weighted by atomic mass is 127. The molecule has 0 saturated heterocycles. The van der Waals surface area contributed by atoms with Gasteiger partial charge in [-0.15, -0.1) is 5.10 Å². The molecule has 0 aliphatic rings. The third kappa shape index (κ3) is 4.11. The third-order valence-electron chi connectivity index (χ3n) is 4.83. The van der Waals surface area contributed by atoms with Crippen LogP contribution in [0.15, 0.2) is 72.9 Å². The number of fused-ring (bicyclic) bond motifs is 1. The van der Waals surface area contributed by atoms with Gasteiger partial charge in [-0.1, -0.05) is 22.9 Å². The second-order valence-electron chi connectivity index (χ2n) is 7.04. The quantitative estimate of drug-likeness (QED) is 0.253. The maximum atomic E-state index is 13.7. The lowest BCUT2D eigenvalue weighted by Gasteiger charge is -2.11. The van der Waals surface area contributed by atoms with Crippen LogP contribution < -0.4 is 5.32 Å². The zero-order chi connectivity index (χ0) is 22.2. The zero-order valence-electron chi connectivity index (χ0n) is 16.3. The van der Waals surface area contributed by atoms with Crippen molar-refractivity contribution < 1.29 is 9.50 Å². The molecule has 32 heavy (non-hydrogen) atoms. The second kappa shape index (κ2) is 8.36. The lowest BCUT2D eigenvalue weighted by atomic mass is 10.1. The predicted octanol–water partition coefficient (Wildman–Crippen LogP) is 6.33. The van der Waals surface area contributed by atoms with E-state index < -0.39 is 11.6 Å². The molecule has 0 aliphatic heterocycles. The second-order valence-corrected chi connectivity index (χ2v) is 8.72. The van der Waals surface area contributed by atoms with Crippen LogP contribution in [-0.2, 0) is 0 Å². The molecular formula is C23H14ClFIN5O. The maximum absolute atomic E-state index is 13.7. The summed E-state index contributed by atoms with van der Waals surface area (Å²) in [4.78, 5) is 4.72. The lowest BCUT2D eigenvalue weighted by molar-refractivity contribution is 0.432. The van der Waals surface area contributed by atoms with E-state index in [4.69, 9.17) is 16.6 Å². The number of hydrogen-bond donors (Lipinski definition) is 2. The van der Waals surface area contributed by atoms with Crippen LogP contribution in [0, 0.1) is 9.39 Å². The van der Waals surface area contributed by atoms with Gasteiger partial charge in [0.15, 0.2) is 11.6 Å². The Morgan fingerprint density at radius 3 is 2.69 bits per heavy atom. The first kappa shape index (κ1) is 20.7. The third-order valence-corrected chi connectivity index (χ3v) is 5.67. The fourth-order valence-corrected chi connectivity index (χ4v) is 4.42. The molecule has 0 saturated carbocycles. The van der Waals surface area contributed by atoms with E-state index in [1.165, 1.54) is 16.8 Å². The summed E-state index contributed by atoms with van der Waals surface area (Å²) in [5.74, 6) is -1.14. The van der Waals surface area contributed by atoms with Crippen molar-refractivity contribution in [3.05, 3.63) is 87.3 Å². The van der Waals surface area contributed by atoms with Gasteiger partial charge in [-0.3, -0.25) is 0 Å². The summed E-state index contributed by atoms with van der Waals surface area (Å²) in [7, 11) is 0. The number of phenolic OH excluding ortho intramolecular Hbond substituents is 1. The molecule has 0 amide bonds. The zero-order valence-corrected chi connectivity index (χ0v) is 19.2. The molecule has 0 atom stereocenters. The number of pyridine rings is 1. The van der Waals surface area contributed by atoms with E-state index in [9.17, 15) is 9.50 Å². The average molecular weight is 558 g/mol. The highest BCUT2D eigenvalue weighted by Gasteiger charge is 2.11. The summed E-state index contributed by atoms with van der Waals surface area (Å²) in [6.45, 7) is 0. The Kier molecular flexibility index (Phi) is 5.40. The molecule has 2 heterocycles. The van der Waals surface area contributed by atoms with Crippen molar-refractivity contribution in [2.75, 3.05) is 5.32 Å². The highest BCUT2D eigenvalue weighted by Crippen LogP contribution is 2.30. The van der Waals surface area contributed by atoms with Crippen LogP contribution >= 0.6 is 34.2 Å². The minimum Gasteiger partial charge on any atom is -0.505 e. The molecule has 2 aromatic heterocycles. The molecule has 2 N–H and O–H groups in total. The monoisotopic (exact) mass is 557 g/mol. The number of nitrogens with one attached hydrogen (secondary N) is 1. The topological polar surface area (TPSA) is 75.9 Å². The van der Waals surface area contributed by atoms with Gasteiger partial charge in [-0.25, -0.2) is 14.1 Å². The Morgan fingerprint density at radius 2 is 1.88 bits per heavy atom. The van der Waals surface area contributed by atoms with Crippen molar-refractivity contribution in [3.63, 3.8) is 0 Å². The molecule has 0 unspecified atom stereocenters. The number of hydrogen-bond acceptors (Lipinski definition) is 5. The van der Waals surface area contributed by atoms with Gasteiger partial charge < -0.3 is 10.4 Å². The summed E-state index contributed by atoms with van der Waals surface area (Å²) >= 11 is 8.41. The van der Waals surface area contributed by atoms with Gasteiger partial charge in [0.05, 0.1) is 23.1 Å². The molecule has 9 heteroatoms. The van der Waals surface area contributed by atoms with Gasteiger partial charge in [-0.05, 0) is 77.2 Å². The molecule has 6 nitrogen and oxygen atoms in total. The Labute approximate surface area is 200 Å². The maximum Gasteiger partial charge on any atom is 0.166 e. The number of halogens is 3. The number of anilines is 2. The molecule has 158 valence electrons. The highest BCUT2D eigenvalue weighted by molar-refractivity contribution is 14.1. The van der Waals surface area contributed by atoms with Gasteiger partial charge in [0.1, 0.15) is 5.69 Å². The van der Waals surface area contributed by atoms with E-state index in [1.54, 1.807) is 12.3 Å². The van der Waals surface area contributed by atoms with E-state index in [0.29, 0.717) is 22.1 Å². The average Bonchev–Trinajstić information content (AvgIpc) is 3.25. The van der Waals surface area contributed by atoms with Crippen molar-refractivity contribution in [2.24, 2.45) is 0 Å². The Balaban J connectivity index is 1.48. The largest absolute Gasteiger partial charge is 0.505 e. The van der Waals surface area contributed by atoms with Crippen molar-refractivity contribution in [1.82, 2.24) is 20.0 Å². The lowest BCUT2D eigenvalue weighted by Crippen LogP contribution is -1.95. The summed E-state index contributed by atoms with van der Waals surface area (Å²) in [5.41, 5.74) is 4.21. The van der Waals surface area contributed by atoms with E-state index in [1.807, 2.05) is 48.5 Å². The van der Waals surface area contributed by atoms with E-state index in [-0.39, 0.29) is 0 Å². The molecule has 0 spiro atoms. The SMILES string of the molecule is Oc1ccc(-n2cc(-c3ccc4c(Nc5cc(Cl)cc(I)c5)cccc4n3)nn2)cc1F. The van der Waals surface area contributed by atoms with Gasteiger partial charge in [-0.2, -0.15) is 0 Å². The van der Waals surface area contributed by atoms with Gasteiger partial charge in [0.25, 0.3) is 0 Å². The molecule has 0 fully saturated rings. The smallest absolute Gasteiger partial charge is 0.166 e. The molecule has 5 rings (SSSR count).